The van der Waals surface area contributed by atoms with Gasteiger partial charge in [0.05, 0.1) is 17.1 Å². The molecule has 1 aromatic carbocycles. The van der Waals surface area contributed by atoms with E-state index in [1.807, 2.05) is 6.07 Å². The van der Waals surface area contributed by atoms with Crippen molar-refractivity contribution in [2.24, 2.45) is 0 Å². The highest BCUT2D eigenvalue weighted by molar-refractivity contribution is 5.91. The van der Waals surface area contributed by atoms with E-state index in [1.165, 1.54) is 12.1 Å². The minimum atomic E-state index is -0.302. The maximum absolute atomic E-state index is 12.9. The van der Waals surface area contributed by atoms with Crippen LogP contribution < -0.4 is 5.32 Å². The van der Waals surface area contributed by atoms with Crippen molar-refractivity contribution >= 4 is 5.91 Å². The largest absolute Gasteiger partial charge is 0.351 e. The fourth-order valence-electron chi connectivity index (χ4n) is 2.09. The lowest BCUT2D eigenvalue weighted by molar-refractivity contribution is 0.0917. The summed E-state index contributed by atoms with van der Waals surface area (Å²) in [5.41, 5.74) is 2.26. The molecule has 3 aromatic rings. The first-order chi connectivity index (χ1) is 11.1. The maximum atomic E-state index is 12.9. The molecule has 0 saturated heterocycles. The van der Waals surface area contributed by atoms with Crippen LogP contribution in [0.1, 0.15) is 21.9 Å². The quantitative estimate of drug-likeness (QED) is 0.784. The third-order valence-corrected chi connectivity index (χ3v) is 3.25. The normalized spacial score (nSPS) is 10.7. The minimum absolute atomic E-state index is 0.194. The van der Waals surface area contributed by atoms with Crippen molar-refractivity contribution in [2.75, 3.05) is 6.54 Å². The van der Waals surface area contributed by atoms with E-state index in [9.17, 15) is 9.18 Å². The van der Waals surface area contributed by atoms with Crippen LogP contribution in [0.25, 0.3) is 5.69 Å². The molecular weight excluding hydrogens is 299 g/mol. The van der Waals surface area contributed by atoms with Gasteiger partial charge >= 0.3 is 0 Å². The number of nitrogens with zero attached hydrogens (tertiary/aromatic N) is 3. The summed E-state index contributed by atoms with van der Waals surface area (Å²) in [5.74, 6) is -0.394. The average Bonchev–Trinajstić information content (AvgIpc) is 3.17. The Kier molecular flexibility index (Phi) is 4.18. The van der Waals surface area contributed by atoms with E-state index in [4.69, 9.17) is 4.52 Å². The molecule has 2 aromatic heterocycles. The van der Waals surface area contributed by atoms with Crippen molar-refractivity contribution in [3.63, 3.8) is 0 Å². The van der Waals surface area contributed by atoms with Crippen molar-refractivity contribution < 1.29 is 13.7 Å². The number of carbonyl (C=O) groups excluding carboxylic acids is 1. The van der Waals surface area contributed by atoms with Crippen LogP contribution >= 0.6 is 0 Å². The molecule has 6 nitrogen and oxygen atoms in total. The van der Waals surface area contributed by atoms with Crippen LogP contribution in [0.5, 0.6) is 0 Å². The Bertz CT molecular complexity index is 808. The van der Waals surface area contributed by atoms with E-state index in [2.05, 4.69) is 15.6 Å². The first-order valence-corrected chi connectivity index (χ1v) is 7.14. The van der Waals surface area contributed by atoms with E-state index < -0.39 is 0 Å². The molecule has 0 aliphatic rings. The first kappa shape index (κ1) is 15.0. The fraction of sp³-hybridized carbons (Fsp3) is 0.188. The van der Waals surface area contributed by atoms with Gasteiger partial charge in [-0.05, 0) is 37.3 Å². The molecule has 23 heavy (non-hydrogen) atoms. The number of benzene rings is 1. The van der Waals surface area contributed by atoms with Crippen LogP contribution in [0.3, 0.4) is 0 Å². The molecule has 0 spiro atoms. The zero-order chi connectivity index (χ0) is 16.2. The molecule has 0 atom stereocenters. The Hall–Kier alpha value is -2.96. The summed E-state index contributed by atoms with van der Waals surface area (Å²) < 4.78 is 19.5. The predicted octanol–water partition coefficient (Wildman–Crippen LogP) is 2.28. The number of rotatable bonds is 5. The maximum Gasteiger partial charge on any atom is 0.289 e. The Morgan fingerprint density at radius 2 is 2.09 bits per heavy atom. The van der Waals surface area contributed by atoms with Gasteiger partial charge in [0.25, 0.3) is 5.91 Å². The summed E-state index contributed by atoms with van der Waals surface area (Å²) in [6.07, 6.45) is 2.37. The van der Waals surface area contributed by atoms with Crippen LogP contribution in [0.4, 0.5) is 4.39 Å². The third kappa shape index (κ3) is 3.63. The predicted molar refractivity (Wildman–Crippen MR) is 80.8 cm³/mol. The van der Waals surface area contributed by atoms with Gasteiger partial charge in [-0.2, -0.15) is 5.10 Å². The highest BCUT2D eigenvalue weighted by atomic mass is 19.1. The van der Waals surface area contributed by atoms with Gasteiger partial charge in [0.1, 0.15) is 5.82 Å². The van der Waals surface area contributed by atoms with Gasteiger partial charge in [0.15, 0.2) is 0 Å². The number of carbonyl (C=O) groups is 1. The van der Waals surface area contributed by atoms with Crippen LogP contribution in [0.2, 0.25) is 0 Å². The second-order valence-corrected chi connectivity index (χ2v) is 5.07. The zero-order valence-corrected chi connectivity index (χ0v) is 12.5. The second-order valence-electron chi connectivity index (χ2n) is 5.07. The summed E-state index contributed by atoms with van der Waals surface area (Å²) >= 11 is 0. The van der Waals surface area contributed by atoms with E-state index >= 15 is 0 Å². The second kappa shape index (κ2) is 6.43. The molecule has 0 fully saturated rings. The molecule has 0 bridgehead atoms. The Labute approximate surface area is 131 Å². The highest BCUT2D eigenvalue weighted by Gasteiger charge is 2.11. The fourth-order valence-corrected chi connectivity index (χ4v) is 2.09. The number of nitrogens with one attached hydrogen (secondary N) is 1. The molecule has 118 valence electrons. The van der Waals surface area contributed by atoms with E-state index in [0.29, 0.717) is 18.7 Å². The Morgan fingerprint density at radius 1 is 1.30 bits per heavy atom. The van der Waals surface area contributed by atoms with Crippen molar-refractivity contribution in [3.05, 3.63) is 65.6 Å². The van der Waals surface area contributed by atoms with Crippen molar-refractivity contribution in [1.29, 1.82) is 0 Å². The molecule has 7 heteroatoms. The van der Waals surface area contributed by atoms with Gasteiger partial charge < -0.3 is 9.84 Å². The first-order valence-electron chi connectivity index (χ1n) is 7.14. The topological polar surface area (TPSA) is 73.0 Å². The lowest BCUT2D eigenvalue weighted by Crippen LogP contribution is -2.25. The summed E-state index contributed by atoms with van der Waals surface area (Å²) in [6.45, 7) is 2.18. The molecule has 0 unspecified atom stereocenters. The lowest BCUT2D eigenvalue weighted by Gasteiger charge is -2.02. The zero-order valence-electron chi connectivity index (χ0n) is 12.5. The van der Waals surface area contributed by atoms with Crippen LogP contribution in [0, 0.1) is 12.7 Å². The molecule has 0 saturated carbocycles. The van der Waals surface area contributed by atoms with Crippen LogP contribution in [-0.4, -0.2) is 27.4 Å². The molecule has 1 N–H and O–H groups in total. The van der Waals surface area contributed by atoms with Gasteiger partial charge in [0, 0.05) is 25.2 Å². The molecule has 0 radical (unpaired) electrons. The molecule has 2 heterocycles. The van der Waals surface area contributed by atoms with Gasteiger partial charge in [-0.15, -0.1) is 0 Å². The van der Waals surface area contributed by atoms with Gasteiger partial charge in [0.2, 0.25) is 5.76 Å². The molecule has 3 rings (SSSR count). The summed E-state index contributed by atoms with van der Waals surface area (Å²) in [6, 6.07) is 9.51. The number of hydrogen-bond donors (Lipinski definition) is 1. The van der Waals surface area contributed by atoms with Crippen molar-refractivity contribution in [3.8, 4) is 5.69 Å². The highest BCUT2D eigenvalue weighted by Crippen LogP contribution is 2.09. The van der Waals surface area contributed by atoms with Gasteiger partial charge in [-0.3, -0.25) is 4.79 Å². The van der Waals surface area contributed by atoms with E-state index in [-0.39, 0.29) is 17.5 Å². The van der Waals surface area contributed by atoms with Crippen molar-refractivity contribution in [1.82, 2.24) is 20.3 Å². The van der Waals surface area contributed by atoms with Crippen LogP contribution in [-0.2, 0) is 6.42 Å². The average molecular weight is 314 g/mol. The summed E-state index contributed by atoms with van der Waals surface area (Å²) in [4.78, 5) is 11.8. The summed E-state index contributed by atoms with van der Waals surface area (Å²) in [5, 5.41) is 10.8. The smallest absolute Gasteiger partial charge is 0.289 e. The molecular formula is C16H15FN4O2. The molecule has 0 aliphatic heterocycles. The Balaban J connectivity index is 1.55. The Morgan fingerprint density at radius 3 is 2.78 bits per heavy atom. The number of aryl methyl sites for hydroxylation is 1. The van der Waals surface area contributed by atoms with Gasteiger partial charge in [-0.25, -0.2) is 9.07 Å². The number of aromatic nitrogens is 3. The number of amides is 1. The van der Waals surface area contributed by atoms with Gasteiger partial charge in [-0.1, -0.05) is 5.16 Å². The monoisotopic (exact) mass is 314 g/mol. The third-order valence-electron chi connectivity index (χ3n) is 3.25. The van der Waals surface area contributed by atoms with E-state index in [0.717, 1.165) is 11.4 Å². The van der Waals surface area contributed by atoms with Crippen molar-refractivity contribution in [2.45, 2.75) is 13.3 Å². The molecule has 1 amide bonds. The summed E-state index contributed by atoms with van der Waals surface area (Å²) in [7, 11) is 0. The molecule has 0 aliphatic carbocycles. The lowest BCUT2D eigenvalue weighted by atomic mass is 10.3. The SMILES string of the molecule is Cc1cc(C(=O)NCCc2ccn(-c3ccc(F)cc3)n2)on1. The van der Waals surface area contributed by atoms with E-state index in [1.54, 1.807) is 36.0 Å². The number of hydrogen-bond acceptors (Lipinski definition) is 4. The standard InChI is InChI=1S/C16H15FN4O2/c1-11-10-15(23-20-11)16(22)18-8-6-13-7-9-21(19-13)14-4-2-12(17)3-5-14/h2-5,7,9-10H,6,8H2,1H3,(H,18,22). The van der Waals surface area contributed by atoms with Crippen LogP contribution in [0.15, 0.2) is 47.1 Å². The minimum Gasteiger partial charge on any atom is -0.351 e. The number of halogens is 1.